The van der Waals surface area contributed by atoms with Crippen molar-refractivity contribution in [3.8, 4) is 0 Å². The fraction of sp³-hybridized carbons (Fsp3) is 0.118. The highest BCUT2D eigenvalue weighted by Gasteiger charge is 2.27. The zero-order valence-corrected chi connectivity index (χ0v) is 11.8. The Kier molecular flexibility index (Phi) is 2.79. The zero-order valence-electron chi connectivity index (χ0n) is 11.8. The van der Waals surface area contributed by atoms with Crippen LogP contribution in [0.4, 0.5) is 0 Å². The minimum absolute atomic E-state index is 0.197. The van der Waals surface area contributed by atoms with Crippen molar-refractivity contribution in [2.24, 2.45) is 0 Å². The number of quaternary nitrogens is 1. The second-order valence-corrected chi connectivity index (χ2v) is 5.33. The van der Waals surface area contributed by atoms with Crippen molar-refractivity contribution in [3.05, 3.63) is 54.0 Å². The summed E-state index contributed by atoms with van der Waals surface area (Å²) in [6.07, 6.45) is 2.26. The molecule has 2 heterocycles. The molecule has 4 N–H and O–H groups in total. The predicted molar refractivity (Wildman–Crippen MR) is 83.1 cm³/mol. The number of para-hydroxylation sites is 1. The molecule has 1 aliphatic rings. The molecule has 0 spiro atoms. The number of fused-ring (bicyclic) bond motifs is 2. The van der Waals surface area contributed by atoms with Crippen LogP contribution in [0.3, 0.4) is 0 Å². The predicted octanol–water partition coefficient (Wildman–Crippen LogP) is 0.966. The number of aromatic nitrogens is 2. The van der Waals surface area contributed by atoms with E-state index >= 15 is 0 Å². The van der Waals surface area contributed by atoms with Gasteiger partial charge in [0.05, 0.1) is 11.2 Å². The van der Waals surface area contributed by atoms with E-state index in [0.29, 0.717) is 17.0 Å². The third kappa shape index (κ3) is 1.70. The molecule has 1 atom stereocenters. The molecule has 0 radical (unpaired) electrons. The lowest BCUT2D eigenvalue weighted by Crippen LogP contribution is -2.56. The van der Waals surface area contributed by atoms with Gasteiger partial charge in [-0.2, -0.15) is 0 Å². The molecule has 0 saturated heterocycles. The number of nitrogens with zero attached hydrogens (tertiary/aromatic N) is 2. The molecule has 108 valence electrons. The zero-order chi connectivity index (χ0) is 15.3. The first-order chi connectivity index (χ1) is 10.7. The number of carbonyl (C=O) groups is 1. The molecule has 4 rings (SSSR count). The summed E-state index contributed by atoms with van der Waals surface area (Å²) in [6.45, 7) is 0.282. The molecule has 0 aliphatic heterocycles. The standard InChI is InChI=1S/C17H13N3O2/c18-8-14(22)11-7-13(21)17-15-10(5-6-19-17)9-3-1-2-4-12(9)20-16(11)15/h1-7,14,22H,8,18H2/p+1. The maximum atomic E-state index is 12.3. The normalized spacial score (nSPS) is 15.2. The summed E-state index contributed by atoms with van der Waals surface area (Å²) in [5.74, 6) is -0.197. The van der Waals surface area contributed by atoms with Gasteiger partial charge in [-0.05, 0) is 23.6 Å². The number of hydrogen-bond acceptors (Lipinski definition) is 4. The molecule has 5 nitrogen and oxygen atoms in total. The van der Waals surface area contributed by atoms with Crippen LogP contribution in [0.5, 0.6) is 0 Å². The fourth-order valence-corrected chi connectivity index (χ4v) is 2.98. The Balaban J connectivity index is 2.20. The molecule has 2 aromatic heterocycles. The summed E-state index contributed by atoms with van der Waals surface area (Å²) in [7, 11) is 0. The van der Waals surface area contributed by atoms with Gasteiger partial charge in [0.15, 0.2) is 0 Å². The molecule has 1 unspecified atom stereocenters. The Hall–Kier alpha value is -2.63. The number of hydrogen-bond donors (Lipinski definition) is 2. The van der Waals surface area contributed by atoms with E-state index in [-0.39, 0.29) is 12.3 Å². The summed E-state index contributed by atoms with van der Waals surface area (Å²) in [5.41, 5.74) is 6.11. The summed E-state index contributed by atoms with van der Waals surface area (Å²) >= 11 is 0. The van der Waals surface area contributed by atoms with Crippen molar-refractivity contribution in [1.82, 2.24) is 9.97 Å². The number of aliphatic hydroxyl groups excluding tert-OH is 1. The van der Waals surface area contributed by atoms with Crippen LogP contribution in [0.1, 0.15) is 16.2 Å². The van der Waals surface area contributed by atoms with Crippen LogP contribution in [-0.4, -0.2) is 33.5 Å². The van der Waals surface area contributed by atoms with Gasteiger partial charge in [-0.1, -0.05) is 18.2 Å². The van der Waals surface area contributed by atoms with Crippen LogP contribution < -0.4 is 5.73 Å². The van der Waals surface area contributed by atoms with Crippen molar-refractivity contribution in [2.45, 2.75) is 6.10 Å². The lowest BCUT2D eigenvalue weighted by Gasteiger charge is -2.19. The van der Waals surface area contributed by atoms with Crippen LogP contribution in [0, 0.1) is 0 Å². The Morgan fingerprint density at radius 2 is 1.95 bits per heavy atom. The van der Waals surface area contributed by atoms with E-state index in [9.17, 15) is 9.90 Å². The summed E-state index contributed by atoms with van der Waals surface area (Å²) in [6, 6.07) is 9.66. The molecule has 22 heavy (non-hydrogen) atoms. The van der Waals surface area contributed by atoms with E-state index in [1.165, 1.54) is 6.08 Å². The van der Waals surface area contributed by atoms with Crippen LogP contribution in [0.25, 0.3) is 27.2 Å². The lowest BCUT2D eigenvalue weighted by molar-refractivity contribution is -0.378. The van der Waals surface area contributed by atoms with E-state index in [4.69, 9.17) is 0 Å². The third-order valence-corrected chi connectivity index (χ3v) is 4.04. The topological polar surface area (TPSA) is 90.7 Å². The number of pyridine rings is 2. The SMILES string of the molecule is [NH3+]CC(O)C1=CC(=O)c2nccc3c2c1nc1ccccc13. The molecule has 0 saturated carbocycles. The number of allylic oxidation sites excluding steroid dienone is 1. The van der Waals surface area contributed by atoms with Gasteiger partial charge < -0.3 is 10.8 Å². The van der Waals surface area contributed by atoms with E-state index in [0.717, 1.165) is 21.7 Å². The first-order valence-electron chi connectivity index (χ1n) is 7.11. The van der Waals surface area contributed by atoms with E-state index in [2.05, 4.69) is 15.7 Å². The minimum atomic E-state index is -0.811. The smallest absolute Gasteiger partial charge is 0.205 e. The first-order valence-corrected chi connectivity index (χ1v) is 7.11. The molecule has 0 amide bonds. The number of carbonyl (C=O) groups excluding carboxylic acids is 1. The third-order valence-electron chi connectivity index (χ3n) is 4.04. The van der Waals surface area contributed by atoms with Gasteiger partial charge in [0, 0.05) is 22.5 Å². The number of aliphatic hydroxyl groups is 1. The maximum absolute atomic E-state index is 12.3. The first kappa shape index (κ1) is 13.1. The van der Waals surface area contributed by atoms with Gasteiger partial charge in [-0.25, -0.2) is 4.98 Å². The average Bonchev–Trinajstić information content (AvgIpc) is 2.57. The van der Waals surface area contributed by atoms with Crippen molar-refractivity contribution in [2.75, 3.05) is 6.54 Å². The second-order valence-electron chi connectivity index (χ2n) is 5.33. The van der Waals surface area contributed by atoms with Gasteiger partial charge in [-0.3, -0.25) is 9.78 Å². The Labute approximate surface area is 126 Å². The highest BCUT2D eigenvalue weighted by molar-refractivity contribution is 6.24. The number of ketones is 1. The Morgan fingerprint density at radius 3 is 2.77 bits per heavy atom. The number of benzene rings is 1. The van der Waals surface area contributed by atoms with Crippen LogP contribution in [0.15, 0.2) is 42.6 Å². The van der Waals surface area contributed by atoms with E-state index < -0.39 is 6.10 Å². The molecule has 5 heteroatoms. The summed E-state index contributed by atoms with van der Waals surface area (Å²) in [4.78, 5) is 21.2. The fourth-order valence-electron chi connectivity index (χ4n) is 2.98. The Morgan fingerprint density at radius 1 is 1.14 bits per heavy atom. The molecular weight excluding hydrogens is 278 g/mol. The molecule has 1 aliphatic carbocycles. The Bertz CT molecular complexity index is 963. The van der Waals surface area contributed by atoms with Crippen molar-refractivity contribution in [1.29, 1.82) is 0 Å². The van der Waals surface area contributed by atoms with E-state index in [1.807, 2.05) is 30.3 Å². The lowest BCUT2D eigenvalue weighted by atomic mass is 9.90. The van der Waals surface area contributed by atoms with Gasteiger partial charge in [0.25, 0.3) is 0 Å². The van der Waals surface area contributed by atoms with Crippen molar-refractivity contribution < 1.29 is 15.6 Å². The van der Waals surface area contributed by atoms with Gasteiger partial charge >= 0.3 is 0 Å². The van der Waals surface area contributed by atoms with Gasteiger partial charge in [0.2, 0.25) is 5.78 Å². The van der Waals surface area contributed by atoms with Gasteiger partial charge in [-0.15, -0.1) is 0 Å². The second kappa shape index (κ2) is 4.69. The maximum Gasteiger partial charge on any atom is 0.205 e. The van der Waals surface area contributed by atoms with Crippen LogP contribution in [-0.2, 0) is 0 Å². The van der Waals surface area contributed by atoms with Crippen LogP contribution in [0.2, 0.25) is 0 Å². The molecule has 1 aromatic carbocycles. The monoisotopic (exact) mass is 292 g/mol. The molecule has 3 aromatic rings. The van der Waals surface area contributed by atoms with Crippen molar-refractivity contribution >= 4 is 33.0 Å². The summed E-state index contributed by atoms with van der Waals surface area (Å²) < 4.78 is 0. The quantitative estimate of drug-likeness (QED) is 0.688. The molecule has 0 bridgehead atoms. The minimum Gasteiger partial charge on any atom is -0.382 e. The van der Waals surface area contributed by atoms with Crippen LogP contribution >= 0.6 is 0 Å². The highest BCUT2D eigenvalue weighted by Crippen LogP contribution is 2.35. The number of rotatable bonds is 2. The average molecular weight is 292 g/mol. The summed E-state index contributed by atoms with van der Waals surface area (Å²) in [5, 5.41) is 12.8. The van der Waals surface area contributed by atoms with Gasteiger partial charge in [0.1, 0.15) is 18.3 Å². The largest absolute Gasteiger partial charge is 0.382 e. The molecular formula is C17H14N3O2+. The molecule has 0 fully saturated rings. The van der Waals surface area contributed by atoms with E-state index in [1.54, 1.807) is 6.20 Å². The highest BCUT2D eigenvalue weighted by atomic mass is 16.3. The van der Waals surface area contributed by atoms with Crippen molar-refractivity contribution in [3.63, 3.8) is 0 Å².